The highest BCUT2D eigenvalue weighted by Crippen LogP contribution is 2.69. The summed E-state index contributed by atoms with van der Waals surface area (Å²) in [6, 6.07) is 0.241. The fourth-order valence-electron chi connectivity index (χ4n) is 5.57. The third-order valence-corrected chi connectivity index (χ3v) is 6.51. The lowest BCUT2D eigenvalue weighted by atomic mass is 9.85. The molecular formula is C16H25NO2. The van der Waals surface area contributed by atoms with Gasteiger partial charge in [-0.1, -0.05) is 12.8 Å². The minimum Gasteiger partial charge on any atom is -0.396 e. The van der Waals surface area contributed by atoms with Gasteiger partial charge in [-0.25, -0.2) is 0 Å². The Bertz CT molecular complexity index is 367. The summed E-state index contributed by atoms with van der Waals surface area (Å²) < 4.78 is 0. The number of rotatable bonds is 3. The van der Waals surface area contributed by atoms with Crippen LogP contribution in [0.25, 0.3) is 0 Å². The molecule has 3 nitrogen and oxygen atoms in total. The molecule has 0 aromatic carbocycles. The molecular weight excluding hydrogens is 238 g/mol. The van der Waals surface area contributed by atoms with Gasteiger partial charge in [-0.15, -0.1) is 0 Å². The molecule has 6 unspecified atom stereocenters. The summed E-state index contributed by atoms with van der Waals surface area (Å²) in [4.78, 5) is 12.5. The van der Waals surface area contributed by atoms with Crippen LogP contribution >= 0.6 is 0 Å². The molecule has 0 aliphatic heterocycles. The molecule has 3 heteroatoms. The zero-order valence-electron chi connectivity index (χ0n) is 11.6. The first-order valence-electron chi connectivity index (χ1n) is 8.21. The van der Waals surface area contributed by atoms with Crippen molar-refractivity contribution in [2.75, 3.05) is 6.61 Å². The zero-order chi connectivity index (χ0) is 13.0. The average Bonchev–Trinajstić information content (AvgIpc) is 2.88. The minimum atomic E-state index is 0.230. The molecule has 0 aromatic rings. The van der Waals surface area contributed by atoms with Crippen molar-refractivity contribution in [2.24, 2.45) is 35.5 Å². The Morgan fingerprint density at radius 1 is 1.05 bits per heavy atom. The quantitative estimate of drug-likeness (QED) is 0.817. The summed E-state index contributed by atoms with van der Waals surface area (Å²) >= 11 is 0. The molecule has 4 rings (SSSR count). The van der Waals surface area contributed by atoms with Gasteiger partial charge in [-0.3, -0.25) is 4.79 Å². The van der Waals surface area contributed by atoms with Crippen molar-refractivity contribution in [1.82, 2.24) is 5.32 Å². The lowest BCUT2D eigenvalue weighted by molar-refractivity contribution is -0.124. The highest BCUT2D eigenvalue weighted by molar-refractivity contribution is 5.83. The van der Waals surface area contributed by atoms with Crippen LogP contribution in [0.2, 0.25) is 0 Å². The van der Waals surface area contributed by atoms with E-state index in [0.717, 1.165) is 36.5 Å². The van der Waals surface area contributed by atoms with Gasteiger partial charge >= 0.3 is 0 Å². The maximum Gasteiger partial charge on any atom is 0.223 e. The molecule has 4 aliphatic rings. The monoisotopic (exact) mass is 263 g/mol. The summed E-state index contributed by atoms with van der Waals surface area (Å²) in [5.74, 6) is 4.15. The molecule has 0 spiro atoms. The van der Waals surface area contributed by atoms with Crippen molar-refractivity contribution in [3.8, 4) is 0 Å². The van der Waals surface area contributed by atoms with E-state index in [1.807, 2.05) is 0 Å². The van der Waals surface area contributed by atoms with Gasteiger partial charge in [-0.2, -0.15) is 0 Å². The number of hydrogen-bond donors (Lipinski definition) is 2. The molecule has 19 heavy (non-hydrogen) atoms. The van der Waals surface area contributed by atoms with E-state index in [1.165, 1.54) is 32.1 Å². The molecule has 0 saturated heterocycles. The summed E-state index contributed by atoms with van der Waals surface area (Å²) in [7, 11) is 0. The van der Waals surface area contributed by atoms with Gasteiger partial charge in [0.2, 0.25) is 5.91 Å². The Kier molecular flexibility index (Phi) is 2.87. The third-order valence-electron chi connectivity index (χ3n) is 6.51. The van der Waals surface area contributed by atoms with E-state index < -0.39 is 0 Å². The van der Waals surface area contributed by atoms with Crippen LogP contribution in [0.4, 0.5) is 0 Å². The Morgan fingerprint density at radius 2 is 1.74 bits per heavy atom. The van der Waals surface area contributed by atoms with E-state index >= 15 is 0 Å². The fourth-order valence-corrected chi connectivity index (χ4v) is 5.57. The van der Waals surface area contributed by atoms with Crippen molar-refractivity contribution in [3.05, 3.63) is 0 Å². The van der Waals surface area contributed by atoms with Crippen molar-refractivity contribution in [2.45, 2.75) is 51.0 Å². The molecule has 1 amide bonds. The second kappa shape index (κ2) is 4.47. The number of carbonyl (C=O) groups is 1. The van der Waals surface area contributed by atoms with E-state index in [-0.39, 0.29) is 12.6 Å². The summed E-state index contributed by atoms with van der Waals surface area (Å²) in [6.45, 7) is 0.230. The number of hydrogen-bond acceptors (Lipinski definition) is 2. The molecule has 4 saturated carbocycles. The highest BCUT2D eigenvalue weighted by atomic mass is 16.3. The van der Waals surface area contributed by atoms with Gasteiger partial charge in [0.15, 0.2) is 0 Å². The van der Waals surface area contributed by atoms with Crippen LogP contribution in [0.3, 0.4) is 0 Å². The highest BCUT2D eigenvalue weighted by Gasteiger charge is 2.67. The molecule has 106 valence electrons. The van der Waals surface area contributed by atoms with Gasteiger partial charge in [0.05, 0.1) is 0 Å². The third kappa shape index (κ3) is 1.84. The van der Waals surface area contributed by atoms with Gasteiger partial charge in [0.25, 0.3) is 0 Å². The first-order chi connectivity index (χ1) is 9.29. The number of fused-ring (bicyclic) bond motifs is 5. The molecule has 2 N–H and O–H groups in total. The van der Waals surface area contributed by atoms with Gasteiger partial charge < -0.3 is 10.4 Å². The Morgan fingerprint density at radius 3 is 2.42 bits per heavy atom. The lowest BCUT2D eigenvalue weighted by Gasteiger charge is -2.31. The van der Waals surface area contributed by atoms with Crippen LogP contribution in [0.15, 0.2) is 0 Å². The summed E-state index contributed by atoms with van der Waals surface area (Å²) in [5.41, 5.74) is 0. The predicted molar refractivity (Wildman–Crippen MR) is 72.3 cm³/mol. The Balaban J connectivity index is 1.37. The van der Waals surface area contributed by atoms with E-state index in [9.17, 15) is 9.90 Å². The number of aliphatic hydroxyl groups excluding tert-OH is 1. The first-order valence-corrected chi connectivity index (χ1v) is 8.21. The molecule has 6 atom stereocenters. The summed E-state index contributed by atoms with van der Waals surface area (Å²) in [6.07, 6.45) is 8.69. The average molecular weight is 263 g/mol. The fraction of sp³-hybridized carbons (Fsp3) is 0.938. The minimum absolute atomic E-state index is 0.230. The maximum absolute atomic E-state index is 12.5. The van der Waals surface area contributed by atoms with Crippen LogP contribution < -0.4 is 5.32 Å². The van der Waals surface area contributed by atoms with Crippen molar-refractivity contribution < 1.29 is 9.90 Å². The lowest BCUT2D eigenvalue weighted by Crippen LogP contribution is -2.44. The molecule has 4 aliphatic carbocycles. The maximum atomic E-state index is 12.5. The number of amides is 1. The van der Waals surface area contributed by atoms with E-state index in [2.05, 4.69) is 5.32 Å². The second-order valence-electron chi connectivity index (χ2n) is 7.36. The van der Waals surface area contributed by atoms with Crippen molar-refractivity contribution in [3.63, 3.8) is 0 Å². The van der Waals surface area contributed by atoms with Gasteiger partial charge in [0.1, 0.15) is 0 Å². The molecule has 0 aromatic heterocycles. The smallest absolute Gasteiger partial charge is 0.223 e. The van der Waals surface area contributed by atoms with Crippen LogP contribution in [-0.2, 0) is 4.79 Å². The number of aliphatic hydroxyl groups is 1. The Labute approximate surface area is 115 Å². The van der Waals surface area contributed by atoms with E-state index in [1.54, 1.807) is 0 Å². The van der Waals surface area contributed by atoms with Crippen LogP contribution in [0, 0.1) is 35.5 Å². The molecule has 4 fully saturated rings. The molecule has 0 heterocycles. The standard InChI is InChI=1S/C16H25NO2/c18-8-11-3-1-2-4-12(11)17-16(19)15-13-9-5-6-10(7-9)14(13)15/h9-15,18H,1-8H2,(H,17,19). The number of carbonyl (C=O) groups excluding carboxylic acids is 1. The van der Waals surface area contributed by atoms with Crippen molar-refractivity contribution >= 4 is 5.91 Å². The van der Waals surface area contributed by atoms with E-state index in [0.29, 0.717) is 17.7 Å². The Hall–Kier alpha value is -0.570. The van der Waals surface area contributed by atoms with Crippen molar-refractivity contribution in [1.29, 1.82) is 0 Å². The first kappa shape index (κ1) is 12.2. The largest absolute Gasteiger partial charge is 0.396 e. The van der Waals surface area contributed by atoms with Crippen LogP contribution in [-0.4, -0.2) is 23.7 Å². The second-order valence-corrected chi connectivity index (χ2v) is 7.36. The molecule has 2 bridgehead atoms. The zero-order valence-corrected chi connectivity index (χ0v) is 11.6. The normalized spacial score (nSPS) is 50.9. The van der Waals surface area contributed by atoms with Crippen LogP contribution in [0.1, 0.15) is 44.9 Å². The topological polar surface area (TPSA) is 49.3 Å². The molecule has 0 radical (unpaired) electrons. The van der Waals surface area contributed by atoms with E-state index in [4.69, 9.17) is 0 Å². The summed E-state index contributed by atoms with van der Waals surface area (Å²) in [5, 5.41) is 12.7. The SMILES string of the molecule is O=C(NC1CCCCC1CO)C1C2C3CCC(C3)C12. The predicted octanol–water partition coefficient (Wildman–Crippen LogP) is 1.95. The van der Waals surface area contributed by atoms with Gasteiger partial charge in [-0.05, 0) is 55.8 Å². The van der Waals surface area contributed by atoms with Crippen LogP contribution in [0.5, 0.6) is 0 Å². The number of nitrogens with one attached hydrogen (secondary N) is 1. The van der Waals surface area contributed by atoms with Gasteiger partial charge in [0, 0.05) is 24.5 Å².